The molecule has 7 nitrogen and oxygen atoms in total. The van der Waals surface area contributed by atoms with Crippen molar-refractivity contribution in [1.29, 1.82) is 5.41 Å². The van der Waals surface area contributed by atoms with E-state index in [0.29, 0.717) is 22.9 Å². The average Bonchev–Trinajstić information content (AvgIpc) is 3.46. The molecule has 188 valence electrons. The molecule has 3 aromatic rings. The van der Waals surface area contributed by atoms with E-state index in [1.54, 1.807) is 29.3 Å². The molecule has 1 N–H and O–H groups in total. The lowest BCUT2D eigenvalue weighted by Crippen LogP contribution is -2.32. The quantitative estimate of drug-likeness (QED) is 0.255. The summed E-state index contributed by atoms with van der Waals surface area (Å²) in [4.78, 5) is 27.2. The number of nitrogens with zero attached hydrogens (tertiary/aromatic N) is 3. The van der Waals surface area contributed by atoms with Gasteiger partial charge >= 0.3 is 0 Å². The smallest absolute Gasteiger partial charge is 0.247 e. The number of ether oxygens (including phenoxy) is 1. The Bertz CT molecular complexity index is 1390. The normalized spacial score (nSPS) is 19.4. The fraction of sp³-hybridized carbons (Fsp3) is 0.214. The number of rotatable bonds is 5. The average molecular weight is 533 g/mol. The first-order valence-corrected chi connectivity index (χ1v) is 13.0. The van der Waals surface area contributed by atoms with Crippen LogP contribution in [-0.2, 0) is 9.59 Å². The van der Waals surface area contributed by atoms with Crippen LogP contribution in [0.4, 0.5) is 5.69 Å². The summed E-state index contributed by atoms with van der Waals surface area (Å²) in [6.07, 6.45) is 0.609. The summed E-state index contributed by atoms with van der Waals surface area (Å²) in [5.74, 6) is -0.0937. The summed E-state index contributed by atoms with van der Waals surface area (Å²) < 4.78 is 5.24. The van der Waals surface area contributed by atoms with Crippen LogP contribution in [0.5, 0.6) is 5.75 Å². The Kier molecular flexibility index (Phi) is 7.04. The topological polar surface area (TPSA) is 86.1 Å². The van der Waals surface area contributed by atoms with Crippen LogP contribution in [-0.4, -0.2) is 40.1 Å². The van der Waals surface area contributed by atoms with Gasteiger partial charge < -0.3 is 4.74 Å². The van der Waals surface area contributed by atoms with E-state index in [0.717, 1.165) is 34.2 Å². The van der Waals surface area contributed by atoms with E-state index in [1.807, 2.05) is 55.5 Å². The molecule has 1 fully saturated rings. The molecule has 0 saturated carbocycles. The number of hydrogen-bond donors (Lipinski definition) is 1. The van der Waals surface area contributed by atoms with E-state index in [-0.39, 0.29) is 29.4 Å². The van der Waals surface area contributed by atoms with Crippen LogP contribution in [0, 0.1) is 12.3 Å². The van der Waals surface area contributed by atoms with E-state index in [9.17, 15) is 9.59 Å². The van der Waals surface area contributed by atoms with Gasteiger partial charge in [-0.2, -0.15) is 5.10 Å². The number of amidine groups is 1. The van der Waals surface area contributed by atoms with Crippen molar-refractivity contribution in [1.82, 2.24) is 5.01 Å². The zero-order valence-electron chi connectivity index (χ0n) is 20.3. The van der Waals surface area contributed by atoms with Gasteiger partial charge in [0.05, 0.1) is 24.6 Å². The molecule has 0 bridgehead atoms. The van der Waals surface area contributed by atoms with Gasteiger partial charge in [-0.1, -0.05) is 71.4 Å². The molecule has 3 aromatic carbocycles. The van der Waals surface area contributed by atoms with Crippen molar-refractivity contribution in [2.75, 3.05) is 12.0 Å². The Hall–Kier alpha value is -3.62. The minimum Gasteiger partial charge on any atom is -0.497 e. The monoisotopic (exact) mass is 532 g/mol. The third-order valence-corrected chi connectivity index (χ3v) is 7.74. The first kappa shape index (κ1) is 25.0. The molecule has 0 radical (unpaired) electrons. The summed E-state index contributed by atoms with van der Waals surface area (Å²) in [5, 5.41) is 15.4. The Morgan fingerprint density at radius 2 is 1.78 bits per heavy atom. The Morgan fingerprint density at radius 3 is 2.49 bits per heavy atom. The number of methoxy groups -OCH3 is 1. The van der Waals surface area contributed by atoms with E-state index in [1.165, 1.54) is 12.0 Å². The second kappa shape index (κ2) is 10.4. The van der Waals surface area contributed by atoms with Crippen molar-refractivity contribution >= 4 is 51.7 Å². The van der Waals surface area contributed by atoms with Crippen LogP contribution in [0.2, 0.25) is 5.02 Å². The van der Waals surface area contributed by atoms with Crippen LogP contribution in [0.15, 0.2) is 77.9 Å². The van der Waals surface area contributed by atoms with Gasteiger partial charge in [0.25, 0.3) is 0 Å². The third-order valence-electron chi connectivity index (χ3n) is 6.43. The molecule has 37 heavy (non-hydrogen) atoms. The van der Waals surface area contributed by atoms with Crippen molar-refractivity contribution in [3.8, 4) is 5.75 Å². The number of halogens is 1. The number of aryl methyl sites for hydroxylation is 1. The SMILES string of the molecule is COc1cccc(N2C(=O)C[C@@H](SC(=N)N3N=C(c4ccc(C)cc4)C[C@H]3c3ccc(Cl)cc3)C2=O)c1. The highest BCUT2D eigenvalue weighted by atomic mass is 35.5. The molecular formula is C28H25ClN4O3S. The van der Waals surface area contributed by atoms with Gasteiger partial charge in [0.15, 0.2) is 5.17 Å². The molecule has 2 aliphatic heterocycles. The number of carbonyl (C=O) groups excluding carboxylic acids is 2. The van der Waals surface area contributed by atoms with Gasteiger partial charge in [-0.3, -0.25) is 15.0 Å². The van der Waals surface area contributed by atoms with Crippen molar-refractivity contribution in [2.24, 2.45) is 5.10 Å². The minimum absolute atomic E-state index is 0.0110. The summed E-state index contributed by atoms with van der Waals surface area (Å²) in [7, 11) is 1.53. The Balaban J connectivity index is 1.39. The zero-order chi connectivity index (χ0) is 26.1. The standard InChI is InChI=1S/C28H25ClN4O3S/c1-17-6-8-18(9-7-17)23-15-24(19-10-12-20(29)13-11-19)33(31-23)28(30)37-25-16-26(34)32(27(25)35)21-4-3-5-22(14-21)36-2/h3-14,24-25,30H,15-16H2,1-2H3/t24-,25+/m0/s1. The maximum Gasteiger partial charge on any atom is 0.247 e. The highest BCUT2D eigenvalue weighted by Crippen LogP contribution is 2.38. The van der Waals surface area contributed by atoms with Crippen LogP contribution in [0.1, 0.15) is 35.6 Å². The lowest BCUT2D eigenvalue weighted by molar-refractivity contribution is -0.121. The third kappa shape index (κ3) is 5.12. The van der Waals surface area contributed by atoms with Crippen molar-refractivity contribution in [3.05, 3.63) is 94.5 Å². The maximum absolute atomic E-state index is 13.3. The Morgan fingerprint density at radius 1 is 1.05 bits per heavy atom. The number of amides is 2. The number of thioether (sulfide) groups is 1. The number of hydrazone groups is 1. The van der Waals surface area contributed by atoms with Crippen LogP contribution < -0.4 is 9.64 Å². The van der Waals surface area contributed by atoms with Gasteiger partial charge in [0, 0.05) is 23.9 Å². The number of benzene rings is 3. The second-order valence-electron chi connectivity index (χ2n) is 8.91. The molecule has 0 spiro atoms. The zero-order valence-corrected chi connectivity index (χ0v) is 21.9. The molecule has 2 aliphatic rings. The first-order chi connectivity index (χ1) is 17.8. The molecule has 0 aromatic heterocycles. The van der Waals surface area contributed by atoms with Crippen LogP contribution in [0.25, 0.3) is 0 Å². The van der Waals surface area contributed by atoms with E-state index in [2.05, 4.69) is 0 Å². The number of nitrogens with one attached hydrogen (secondary N) is 1. The summed E-state index contributed by atoms with van der Waals surface area (Å²) in [6, 6.07) is 22.2. The van der Waals surface area contributed by atoms with Gasteiger partial charge in [0.2, 0.25) is 11.8 Å². The molecule has 5 rings (SSSR count). The molecular weight excluding hydrogens is 508 g/mol. The minimum atomic E-state index is -0.712. The lowest BCUT2D eigenvalue weighted by atomic mass is 9.98. The van der Waals surface area contributed by atoms with Crippen LogP contribution in [0.3, 0.4) is 0 Å². The van der Waals surface area contributed by atoms with Gasteiger partial charge in [-0.05, 0) is 42.3 Å². The largest absolute Gasteiger partial charge is 0.497 e. The molecule has 2 heterocycles. The predicted molar refractivity (Wildman–Crippen MR) is 148 cm³/mol. The van der Waals surface area contributed by atoms with Gasteiger partial charge in [-0.15, -0.1) is 0 Å². The second-order valence-corrected chi connectivity index (χ2v) is 10.5. The summed E-state index contributed by atoms with van der Waals surface area (Å²) in [5.41, 5.74) is 4.43. The highest BCUT2D eigenvalue weighted by Gasteiger charge is 2.42. The Labute approximate surface area is 224 Å². The predicted octanol–water partition coefficient (Wildman–Crippen LogP) is 5.81. The fourth-order valence-corrected chi connectivity index (χ4v) is 5.57. The summed E-state index contributed by atoms with van der Waals surface area (Å²) >= 11 is 7.17. The van der Waals surface area contributed by atoms with Crippen molar-refractivity contribution in [3.63, 3.8) is 0 Å². The van der Waals surface area contributed by atoms with E-state index < -0.39 is 5.25 Å². The number of carbonyl (C=O) groups is 2. The van der Waals surface area contributed by atoms with Crippen molar-refractivity contribution < 1.29 is 14.3 Å². The number of anilines is 1. The first-order valence-electron chi connectivity index (χ1n) is 11.8. The molecule has 2 amide bonds. The van der Waals surface area contributed by atoms with Crippen LogP contribution >= 0.6 is 23.4 Å². The molecule has 0 unspecified atom stereocenters. The summed E-state index contributed by atoms with van der Waals surface area (Å²) in [6.45, 7) is 2.03. The van der Waals surface area contributed by atoms with E-state index in [4.69, 9.17) is 26.8 Å². The molecule has 9 heteroatoms. The van der Waals surface area contributed by atoms with Gasteiger partial charge in [0.1, 0.15) is 11.0 Å². The maximum atomic E-state index is 13.3. The molecule has 1 saturated heterocycles. The van der Waals surface area contributed by atoms with Crippen molar-refractivity contribution in [2.45, 2.75) is 31.1 Å². The fourth-order valence-electron chi connectivity index (χ4n) is 4.47. The number of imide groups is 1. The number of hydrogen-bond acceptors (Lipinski definition) is 6. The molecule has 2 atom stereocenters. The van der Waals surface area contributed by atoms with Gasteiger partial charge in [-0.25, -0.2) is 9.91 Å². The lowest BCUT2D eigenvalue weighted by Gasteiger charge is -2.24. The highest BCUT2D eigenvalue weighted by molar-refractivity contribution is 8.14. The van der Waals surface area contributed by atoms with E-state index >= 15 is 0 Å². The molecule has 0 aliphatic carbocycles.